The van der Waals surface area contributed by atoms with E-state index in [1.165, 1.54) is 12.2 Å². The molecule has 1 heterocycles. The van der Waals surface area contributed by atoms with Gasteiger partial charge in [-0.05, 0) is 12.3 Å². The molecule has 0 saturated heterocycles. The van der Waals surface area contributed by atoms with Gasteiger partial charge in [0, 0.05) is 12.2 Å². The zero-order valence-electron chi connectivity index (χ0n) is 12.4. The van der Waals surface area contributed by atoms with Crippen molar-refractivity contribution in [3.8, 4) is 0 Å². The second-order valence-corrected chi connectivity index (χ2v) is 5.18. The highest BCUT2D eigenvalue weighted by Gasteiger charge is 2.36. The molecule has 0 aromatic carbocycles. The molecule has 0 saturated carbocycles. The number of hydrogen-bond acceptors (Lipinski definition) is 4. The first-order valence-corrected chi connectivity index (χ1v) is 7.23. The van der Waals surface area contributed by atoms with Gasteiger partial charge < -0.3 is 4.74 Å². The summed E-state index contributed by atoms with van der Waals surface area (Å²) in [5.74, 6) is -1.08. The molecule has 0 fully saturated rings. The molecular formula is C15H23NO4. The fraction of sp³-hybridized carbons (Fsp3) is 0.667. The van der Waals surface area contributed by atoms with Crippen molar-refractivity contribution in [2.75, 3.05) is 6.61 Å². The molecule has 0 aromatic heterocycles. The molecule has 1 aliphatic rings. The van der Waals surface area contributed by atoms with Crippen molar-refractivity contribution in [1.82, 2.24) is 4.90 Å². The zero-order chi connectivity index (χ0) is 15.1. The molecule has 2 amide bonds. The fourth-order valence-electron chi connectivity index (χ4n) is 1.91. The molecule has 0 aromatic rings. The maximum absolute atomic E-state index is 12.2. The lowest BCUT2D eigenvalue weighted by molar-refractivity contribution is -0.158. The van der Waals surface area contributed by atoms with E-state index >= 15 is 0 Å². The summed E-state index contributed by atoms with van der Waals surface area (Å²) in [6.07, 6.45) is 5.41. The number of hydrogen-bond donors (Lipinski definition) is 0. The van der Waals surface area contributed by atoms with Gasteiger partial charge in [-0.2, -0.15) is 0 Å². The van der Waals surface area contributed by atoms with E-state index < -0.39 is 23.8 Å². The molecule has 20 heavy (non-hydrogen) atoms. The number of amides is 2. The van der Waals surface area contributed by atoms with Crippen LogP contribution in [0, 0.1) is 5.92 Å². The van der Waals surface area contributed by atoms with E-state index in [4.69, 9.17) is 4.74 Å². The first-order chi connectivity index (χ1) is 9.51. The van der Waals surface area contributed by atoms with Crippen LogP contribution in [0.25, 0.3) is 0 Å². The largest absolute Gasteiger partial charge is 0.464 e. The molecule has 0 radical (unpaired) electrons. The maximum Gasteiger partial charge on any atom is 0.329 e. The Morgan fingerprint density at radius 3 is 2.35 bits per heavy atom. The first-order valence-electron chi connectivity index (χ1n) is 7.23. The van der Waals surface area contributed by atoms with E-state index in [0.29, 0.717) is 13.0 Å². The Bertz CT molecular complexity index is 385. The highest BCUT2D eigenvalue weighted by atomic mass is 16.5. The number of esters is 1. The smallest absolute Gasteiger partial charge is 0.329 e. The van der Waals surface area contributed by atoms with Crippen LogP contribution in [0.2, 0.25) is 0 Å². The zero-order valence-corrected chi connectivity index (χ0v) is 12.4. The van der Waals surface area contributed by atoms with Gasteiger partial charge in [-0.25, -0.2) is 4.79 Å². The first kappa shape index (κ1) is 16.4. The van der Waals surface area contributed by atoms with Gasteiger partial charge in [0.1, 0.15) is 6.04 Å². The average molecular weight is 281 g/mol. The molecule has 0 bridgehead atoms. The van der Waals surface area contributed by atoms with Crippen LogP contribution in [0.5, 0.6) is 0 Å². The van der Waals surface area contributed by atoms with Crippen LogP contribution >= 0.6 is 0 Å². The Kier molecular flexibility index (Phi) is 6.42. The minimum Gasteiger partial charge on any atom is -0.464 e. The lowest BCUT2D eigenvalue weighted by atomic mass is 10.1. The molecular weight excluding hydrogens is 258 g/mol. The summed E-state index contributed by atoms with van der Waals surface area (Å²) in [6, 6.07) is -0.797. The number of carbonyl (C=O) groups is 3. The Hall–Kier alpha value is -1.65. The van der Waals surface area contributed by atoms with E-state index in [1.54, 1.807) is 0 Å². The van der Waals surface area contributed by atoms with Gasteiger partial charge in [0.25, 0.3) is 11.8 Å². The van der Waals surface area contributed by atoms with Gasteiger partial charge in [-0.1, -0.05) is 40.0 Å². The molecule has 1 rings (SSSR count). The number of ether oxygens (including phenoxy) is 1. The van der Waals surface area contributed by atoms with Crippen molar-refractivity contribution in [1.29, 1.82) is 0 Å². The van der Waals surface area contributed by atoms with Crippen LogP contribution in [0.1, 0.15) is 46.5 Å². The summed E-state index contributed by atoms with van der Waals surface area (Å²) in [5, 5.41) is 0. The Morgan fingerprint density at radius 1 is 1.25 bits per heavy atom. The van der Waals surface area contributed by atoms with Crippen LogP contribution in [0.4, 0.5) is 0 Å². The normalized spacial score (nSPS) is 17.4. The molecule has 5 nitrogen and oxygen atoms in total. The topological polar surface area (TPSA) is 63.7 Å². The van der Waals surface area contributed by atoms with E-state index in [2.05, 4.69) is 0 Å². The second-order valence-electron chi connectivity index (χ2n) is 5.18. The van der Waals surface area contributed by atoms with Gasteiger partial charge >= 0.3 is 5.97 Å². The molecule has 2 atom stereocenters. The van der Waals surface area contributed by atoms with Crippen LogP contribution < -0.4 is 0 Å². The second kappa shape index (κ2) is 7.82. The van der Waals surface area contributed by atoms with Gasteiger partial charge in [0.15, 0.2) is 0 Å². The summed E-state index contributed by atoms with van der Waals surface area (Å²) in [5.41, 5.74) is 0. The van der Waals surface area contributed by atoms with Gasteiger partial charge in [-0.15, -0.1) is 0 Å². The third-order valence-corrected chi connectivity index (χ3v) is 3.47. The standard InChI is InChI=1S/C15H23NO4/c1-4-6-7-12(15(19)20-10-11(3)5-2)16-13(17)8-9-14(16)18/h8-9,11-12H,4-7,10H2,1-3H3. The van der Waals surface area contributed by atoms with Gasteiger partial charge in [-0.3, -0.25) is 14.5 Å². The molecule has 5 heteroatoms. The van der Waals surface area contributed by atoms with Crippen molar-refractivity contribution in [3.05, 3.63) is 12.2 Å². The van der Waals surface area contributed by atoms with Crippen molar-refractivity contribution in [2.24, 2.45) is 5.92 Å². The SMILES string of the molecule is CCCCC(C(=O)OCC(C)CC)N1C(=O)C=CC1=O. The molecule has 112 valence electrons. The van der Waals surface area contributed by atoms with Crippen LogP contribution in [-0.4, -0.2) is 35.3 Å². The predicted octanol–water partition coefficient (Wildman–Crippen LogP) is 2.06. The van der Waals surface area contributed by atoms with E-state index in [9.17, 15) is 14.4 Å². The van der Waals surface area contributed by atoms with Crippen LogP contribution in [0.3, 0.4) is 0 Å². The predicted molar refractivity (Wildman–Crippen MR) is 74.7 cm³/mol. The van der Waals surface area contributed by atoms with Gasteiger partial charge in [0.2, 0.25) is 0 Å². The third kappa shape index (κ3) is 4.18. The molecule has 0 aliphatic carbocycles. The fourth-order valence-corrected chi connectivity index (χ4v) is 1.91. The Labute approximate surface area is 120 Å². The minimum absolute atomic E-state index is 0.272. The summed E-state index contributed by atoms with van der Waals surface area (Å²) in [7, 11) is 0. The minimum atomic E-state index is -0.797. The molecule has 0 spiro atoms. The van der Waals surface area contributed by atoms with Crippen molar-refractivity contribution in [3.63, 3.8) is 0 Å². The average Bonchev–Trinajstić information content (AvgIpc) is 2.77. The summed E-state index contributed by atoms with van der Waals surface area (Å²) in [4.78, 5) is 36.6. The quantitative estimate of drug-likeness (QED) is 0.504. The highest BCUT2D eigenvalue weighted by Crippen LogP contribution is 2.17. The van der Waals surface area contributed by atoms with E-state index in [-0.39, 0.29) is 5.92 Å². The third-order valence-electron chi connectivity index (χ3n) is 3.47. The Morgan fingerprint density at radius 2 is 1.85 bits per heavy atom. The number of imide groups is 1. The highest BCUT2D eigenvalue weighted by molar-refractivity contribution is 6.14. The van der Waals surface area contributed by atoms with E-state index in [1.807, 2.05) is 20.8 Å². The maximum atomic E-state index is 12.2. The van der Waals surface area contributed by atoms with Crippen molar-refractivity contribution in [2.45, 2.75) is 52.5 Å². The van der Waals surface area contributed by atoms with Crippen molar-refractivity contribution < 1.29 is 19.1 Å². The van der Waals surface area contributed by atoms with Gasteiger partial charge in [0.05, 0.1) is 6.61 Å². The number of rotatable bonds is 8. The lowest BCUT2D eigenvalue weighted by Crippen LogP contribution is -2.46. The lowest BCUT2D eigenvalue weighted by Gasteiger charge is -2.25. The number of nitrogens with zero attached hydrogens (tertiary/aromatic N) is 1. The van der Waals surface area contributed by atoms with Crippen LogP contribution in [-0.2, 0) is 19.1 Å². The number of unbranched alkanes of at least 4 members (excludes halogenated alkanes) is 1. The van der Waals surface area contributed by atoms with Crippen molar-refractivity contribution >= 4 is 17.8 Å². The summed E-state index contributed by atoms with van der Waals surface area (Å²) < 4.78 is 5.25. The van der Waals surface area contributed by atoms with E-state index in [0.717, 1.165) is 24.2 Å². The molecule has 0 N–H and O–H groups in total. The summed E-state index contributed by atoms with van der Waals surface area (Å²) >= 11 is 0. The monoisotopic (exact) mass is 281 g/mol. The molecule has 2 unspecified atom stereocenters. The number of carbonyl (C=O) groups excluding carboxylic acids is 3. The van der Waals surface area contributed by atoms with Crippen LogP contribution in [0.15, 0.2) is 12.2 Å². The summed E-state index contributed by atoms with van der Waals surface area (Å²) in [6.45, 7) is 6.32. The Balaban J connectivity index is 2.70. The molecule has 1 aliphatic heterocycles.